The largest absolute Gasteiger partial charge is 0.416 e. The SMILES string of the molecule is N#Cc1cccc(C(=O)Nc2cnn3c2C(=O)N(c2ccc(C(F)(F)F)cc2)CC3)c1. The molecule has 0 aliphatic carbocycles. The molecular weight excluding hydrogens is 411 g/mol. The van der Waals surface area contributed by atoms with Gasteiger partial charge in [-0.3, -0.25) is 14.3 Å². The quantitative estimate of drug-likeness (QED) is 0.693. The Morgan fingerprint density at radius 1 is 1.13 bits per heavy atom. The molecule has 0 saturated heterocycles. The number of alkyl halides is 3. The number of hydrogen-bond acceptors (Lipinski definition) is 4. The van der Waals surface area contributed by atoms with Crippen LogP contribution in [0.25, 0.3) is 0 Å². The Morgan fingerprint density at radius 3 is 2.55 bits per heavy atom. The lowest BCUT2D eigenvalue weighted by atomic mass is 10.1. The smallest absolute Gasteiger partial charge is 0.319 e. The standard InChI is InChI=1S/C21H14F3N5O2/c22-21(23,24)15-4-6-16(7-5-15)28-8-9-29-18(20(28)31)17(12-26-29)27-19(30)14-3-1-2-13(10-14)11-25/h1-7,10,12H,8-9H2,(H,27,30). The van der Waals surface area contributed by atoms with Crippen molar-refractivity contribution in [1.82, 2.24) is 9.78 Å². The van der Waals surface area contributed by atoms with Crippen LogP contribution >= 0.6 is 0 Å². The fourth-order valence-corrected chi connectivity index (χ4v) is 3.30. The number of nitriles is 1. The number of nitrogens with one attached hydrogen (secondary N) is 1. The summed E-state index contributed by atoms with van der Waals surface area (Å²) >= 11 is 0. The maximum absolute atomic E-state index is 13.0. The van der Waals surface area contributed by atoms with Crippen molar-refractivity contribution in [2.24, 2.45) is 0 Å². The first kappa shape index (κ1) is 20.2. The molecule has 7 nitrogen and oxygen atoms in total. The molecule has 1 N–H and O–H groups in total. The average molecular weight is 425 g/mol. The van der Waals surface area contributed by atoms with E-state index in [4.69, 9.17) is 5.26 Å². The monoisotopic (exact) mass is 425 g/mol. The van der Waals surface area contributed by atoms with Crippen molar-refractivity contribution in [3.63, 3.8) is 0 Å². The Morgan fingerprint density at radius 2 is 1.87 bits per heavy atom. The third-order valence-corrected chi connectivity index (χ3v) is 4.83. The summed E-state index contributed by atoms with van der Waals surface area (Å²) in [5, 5.41) is 15.7. The number of halogens is 3. The third-order valence-electron chi connectivity index (χ3n) is 4.83. The number of carbonyl (C=O) groups is 2. The van der Waals surface area contributed by atoms with Gasteiger partial charge in [0.25, 0.3) is 11.8 Å². The Bertz CT molecular complexity index is 1210. The second-order valence-corrected chi connectivity index (χ2v) is 6.78. The summed E-state index contributed by atoms with van der Waals surface area (Å²) in [6, 6.07) is 12.3. The molecule has 3 aromatic rings. The Labute approximate surface area is 174 Å². The van der Waals surface area contributed by atoms with Crippen LogP contribution in [-0.4, -0.2) is 28.1 Å². The zero-order chi connectivity index (χ0) is 22.2. The van der Waals surface area contributed by atoms with Gasteiger partial charge in [0.05, 0.1) is 35.6 Å². The summed E-state index contributed by atoms with van der Waals surface area (Å²) in [6.45, 7) is 0.526. The Balaban J connectivity index is 1.59. The number of fused-ring (bicyclic) bond motifs is 1. The highest BCUT2D eigenvalue weighted by molar-refractivity contribution is 6.13. The van der Waals surface area contributed by atoms with E-state index in [0.717, 1.165) is 12.1 Å². The average Bonchev–Trinajstić information content (AvgIpc) is 3.17. The van der Waals surface area contributed by atoms with Crippen LogP contribution in [0.5, 0.6) is 0 Å². The van der Waals surface area contributed by atoms with Gasteiger partial charge in [0, 0.05) is 17.8 Å². The number of benzene rings is 2. The van der Waals surface area contributed by atoms with Crippen molar-refractivity contribution in [2.45, 2.75) is 12.7 Å². The minimum absolute atomic E-state index is 0.121. The predicted molar refractivity (Wildman–Crippen MR) is 104 cm³/mol. The number of aromatic nitrogens is 2. The molecule has 0 radical (unpaired) electrons. The van der Waals surface area contributed by atoms with E-state index in [1.165, 1.54) is 40.0 Å². The summed E-state index contributed by atoms with van der Waals surface area (Å²) in [4.78, 5) is 27.0. The zero-order valence-electron chi connectivity index (χ0n) is 15.8. The predicted octanol–water partition coefficient (Wildman–Crippen LogP) is 3.69. The molecular formula is C21H14F3N5O2. The normalized spacial score (nSPS) is 13.5. The second-order valence-electron chi connectivity index (χ2n) is 6.78. The highest BCUT2D eigenvalue weighted by Crippen LogP contribution is 2.32. The van der Waals surface area contributed by atoms with Gasteiger partial charge >= 0.3 is 6.18 Å². The number of anilines is 2. The summed E-state index contributed by atoms with van der Waals surface area (Å²) in [5.41, 5.74) is 0.351. The Hall–Kier alpha value is -4.13. The molecule has 0 unspecified atom stereocenters. The molecule has 2 heterocycles. The van der Waals surface area contributed by atoms with Crippen molar-refractivity contribution in [3.05, 3.63) is 77.1 Å². The van der Waals surface area contributed by atoms with Crippen LogP contribution in [0.1, 0.15) is 32.0 Å². The van der Waals surface area contributed by atoms with Gasteiger partial charge in [0.1, 0.15) is 5.69 Å². The van der Waals surface area contributed by atoms with E-state index >= 15 is 0 Å². The molecule has 1 aliphatic heterocycles. The summed E-state index contributed by atoms with van der Waals surface area (Å²) in [6.07, 6.45) is -3.13. The number of carbonyl (C=O) groups excluding carboxylic acids is 2. The van der Waals surface area contributed by atoms with Gasteiger partial charge in [-0.15, -0.1) is 0 Å². The van der Waals surface area contributed by atoms with Crippen molar-refractivity contribution in [3.8, 4) is 6.07 Å². The minimum Gasteiger partial charge on any atom is -0.319 e. The van der Waals surface area contributed by atoms with E-state index in [9.17, 15) is 22.8 Å². The first-order valence-corrected chi connectivity index (χ1v) is 9.14. The van der Waals surface area contributed by atoms with Crippen LogP contribution in [-0.2, 0) is 12.7 Å². The lowest BCUT2D eigenvalue weighted by Gasteiger charge is -2.28. The maximum Gasteiger partial charge on any atom is 0.416 e. The molecule has 1 aromatic heterocycles. The van der Waals surface area contributed by atoms with E-state index in [1.807, 2.05) is 6.07 Å². The number of hydrogen-bond donors (Lipinski definition) is 1. The van der Waals surface area contributed by atoms with E-state index in [2.05, 4.69) is 10.4 Å². The molecule has 10 heteroatoms. The van der Waals surface area contributed by atoms with Crippen molar-refractivity contribution in [2.75, 3.05) is 16.8 Å². The van der Waals surface area contributed by atoms with Gasteiger partial charge < -0.3 is 10.2 Å². The minimum atomic E-state index is -4.47. The molecule has 2 aromatic carbocycles. The van der Waals surface area contributed by atoms with E-state index in [1.54, 1.807) is 12.1 Å². The Kier molecular flexibility index (Phi) is 4.94. The lowest BCUT2D eigenvalue weighted by molar-refractivity contribution is -0.137. The fourth-order valence-electron chi connectivity index (χ4n) is 3.30. The van der Waals surface area contributed by atoms with Crippen LogP contribution in [0.15, 0.2) is 54.7 Å². The van der Waals surface area contributed by atoms with Gasteiger partial charge in [-0.1, -0.05) is 6.07 Å². The van der Waals surface area contributed by atoms with E-state index in [-0.39, 0.29) is 23.5 Å². The van der Waals surface area contributed by atoms with Gasteiger partial charge in [0.15, 0.2) is 0 Å². The summed E-state index contributed by atoms with van der Waals surface area (Å²) < 4.78 is 39.9. The van der Waals surface area contributed by atoms with Crippen molar-refractivity contribution in [1.29, 1.82) is 5.26 Å². The first-order chi connectivity index (χ1) is 14.8. The molecule has 1 aliphatic rings. The zero-order valence-corrected chi connectivity index (χ0v) is 15.8. The van der Waals surface area contributed by atoms with Gasteiger partial charge in [0.2, 0.25) is 0 Å². The molecule has 31 heavy (non-hydrogen) atoms. The van der Waals surface area contributed by atoms with Crippen LogP contribution < -0.4 is 10.2 Å². The van der Waals surface area contributed by atoms with Crippen LogP contribution in [0.4, 0.5) is 24.5 Å². The van der Waals surface area contributed by atoms with Crippen LogP contribution in [0, 0.1) is 11.3 Å². The summed E-state index contributed by atoms with van der Waals surface area (Å²) in [7, 11) is 0. The summed E-state index contributed by atoms with van der Waals surface area (Å²) in [5.74, 6) is -1.02. The fraction of sp³-hybridized carbons (Fsp3) is 0.143. The van der Waals surface area contributed by atoms with Gasteiger partial charge in [-0.2, -0.15) is 23.5 Å². The highest BCUT2D eigenvalue weighted by Gasteiger charge is 2.33. The number of amides is 2. The molecule has 0 atom stereocenters. The first-order valence-electron chi connectivity index (χ1n) is 9.14. The van der Waals surface area contributed by atoms with Crippen LogP contribution in [0.3, 0.4) is 0 Å². The third kappa shape index (κ3) is 3.85. The van der Waals surface area contributed by atoms with E-state index < -0.39 is 23.6 Å². The lowest BCUT2D eigenvalue weighted by Crippen LogP contribution is -2.41. The van der Waals surface area contributed by atoms with Crippen molar-refractivity contribution >= 4 is 23.2 Å². The highest BCUT2D eigenvalue weighted by atomic mass is 19.4. The topological polar surface area (TPSA) is 91.0 Å². The maximum atomic E-state index is 13.0. The molecule has 0 fully saturated rings. The molecule has 0 spiro atoms. The molecule has 0 bridgehead atoms. The van der Waals surface area contributed by atoms with Gasteiger partial charge in [-0.25, -0.2) is 0 Å². The van der Waals surface area contributed by atoms with Crippen LogP contribution in [0.2, 0.25) is 0 Å². The number of nitrogens with zero attached hydrogens (tertiary/aromatic N) is 4. The molecule has 4 rings (SSSR count). The number of rotatable bonds is 3. The van der Waals surface area contributed by atoms with E-state index in [0.29, 0.717) is 17.8 Å². The molecule has 0 saturated carbocycles. The molecule has 2 amide bonds. The second kappa shape index (κ2) is 7.60. The van der Waals surface area contributed by atoms with Gasteiger partial charge in [-0.05, 0) is 42.5 Å². The molecule has 156 valence electrons. The van der Waals surface area contributed by atoms with Crippen molar-refractivity contribution < 1.29 is 22.8 Å².